The molecule has 4 aromatic rings. The molecule has 0 unspecified atom stereocenters. The molecule has 1 aliphatic rings. The minimum Gasteiger partial charge on any atom is -0.476 e. The largest absolute Gasteiger partial charge is 0.476 e. The quantitative estimate of drug-likeness (QED) is 0.372. The van der Waals surface area contributed by atoms with Crippen LogP contribution in [0.2, 0.25) is 0 Å². The van der Waals surface area contributed by atoms with Gasteiger partial charge in [0, 0.05) is 29.9 Å². The van der Waals surface area contributed by atoms with Crippen molar-refractivity contribution >= 4 is 28.4 Å². The summed E-state index contributed by atoms with van der Waals surface area (Å²) in [5.41, 5.74) is 0.663. The Morgan fingerprint density at radius 2 is 1.94 bits per heavy atom. The van der Waals surface area contributed by atoms with Crippen LogP contribution in [0.3, 0.4) is 0 Å². The molecule has 0 radical (unpaired) electrons. The average Bonchev–Trinajstić information content (AvgIpc) is 3.36. The lowest BCUT2D eigenvalue weighted by Crippen LogP contribution is -2.41. The average molecular weight is 491 g/mol. The van der Waals surface area contributed by atoms with E-state index in [2.05, 4.69) is 27.3 Å². The molecule has 10 heteroatoms. The van der Waals surface area contributed by atoms with E-state index in [1.165, 1.54) is 29.1 Å². The highest BCUT2D eigenvalue weighted by Crippen LogP contribution is 2.36. The van der Waals surface area contributed by atoms with E-state index in [0.717, 1.165) is 31.3 Å². The maximum Gasteiger partial charge on any atom is 0.356 e. The molecule has 1 aliphatic heterocycles. The van der Waals surface area contributed by atoms with Crippen LogP contribution in [0.1, 0.15) is 35.9 Å². The number of hydrogen-bond acceptors (Lipinski definition) is 7. The minimum absolute atomic E-state index is 0.118. The summed E-state index contributed by atoms with van der Waals surface area (Å²) in [5.74, 6) is -1.18. The normalized spacial score (nSPS) is 16.7. The number of nitrogens with zero attached hydrogens (tertiary/aromatic N) is 5. The van der Waals surface area contributed by atoms with Gasteiger partial charge in [-0.25, -0.2) is 23.8 Å². The standard InChI is InChI=1S/C26H27FN6O3/c1-26(36,17-7-10-32(2)11-8-17)23-6-3-16-15-28-24(14-22(16)29-23)30-20-5-4-18(13-19(20)27)33-12-9-21(31-33)25(34)35/h3-6,9,12-15,17,36H,7-8,10-11H2,1-2H3,(H,28,30)(H,34,35)/t26-/m1/s1. The van der Waals surface area contributed by atoms with E-state index in [0.29, 0.717) is 22.7 Å². The van der Waals surface area contributed by atoms with Crippen molar-refractivity contribution in [1.29, 1.82) is 0 Å². The Balaban J connectivity index is 1.38. The third-order valence-electron chi connectivity index (χ3n) is 6.89. The van der Waals surface area contributed by atoms with Gasteiger partial charge in [-0.05, 0) is 76.2 Å². The zero-order valence-electron chi connectivity index (χ0n) is 20.0. The molecule has 1 fully saturated rings. The van der Waals surface area contributed by atoms with Gasteiger partial charge in [0.05, 0.1) is 22.6 Å². The minimum atomic E-state index is -1.15. The second kappa shape index (κ2) is 9.29. The van der Waals surface area contributed by atoms with E-state index in [-0.39, 0.29) is 17.3 Å². The summed E-state index contributed by atoms with van der Waals surface area (Å²) in [6.45, 7) is 3.71. The van der Waals surface area contributed by atoms with E-state index in [1.54, 1.807) is 18.3 Å². The van der Waals surface area contributed by atoms with Gasteiger partial charge < -0.3 is 20.4 Å². The Labute approximate surface area is 207 Å². The van der Waals surface area contributed by atoms with Gasteiger partial charge in [-0.2, -0.15) is 5.10 Å². The molecule has 0 aliphatic carbocycles. The number of nitrogens with one attached hydrogen (secondary N) is 1. The number of carbonyl (C=O) groups is 1. The first-order chi connectivity index (χ1) is 17.2. The number of rotatable bonds is 6. The molecule has 5 rings (SSSR count). The van der Waals surface area contributed by atoms with Crippen LogP contribution in [-0.2, 0) is 5.60 Å². The molecule has 1 aromatic carbocycles. The Kier molecular flexibility index (Phi) is 6.15. The Morgan fingerprint density at radius 1 is 1.17 bits per heavy atom. The van der Waals surface area contributed by atoms with E-state index < -0.39 is 17.4 Å². The molecule has 36 heavy (non-hydrogen) atoms. The monoisotopic (exact) mass is 490 g/mol. The lowest BCUT2D eigenvalue weighted by Gasteiger charge is -2.38. The van der Waals surface area contributed by atoms with Crippen molar-refractivity contribution in [3.8, 4) is 5.69 Å². The molecule has 0 spiro atoms. The number of pyridine rings is 2. The van der Waals surface area contributed by atoms with Crippen molar-refractivity contribution in [3.63, 3.8) is 0 Å². The molecular formula is C26H27FN6O3. The van der Waals surface area contributed by atoms with Gasteiger partial charge in [0.2, 0.25) is 0 Å². The van der Waals surface area contributed by atoms with Crippen LogP contribution in [0.15, 0.2) is 54.9 Å². The predicted molar refractivity (Wildman–Crippen MR) is 133 cm³/mol. The Hall–Kier alpha value is -3.89. The highest BCUT2D eigenvalue weighted by Gasteiger charge is 2.36. The van der Waals surface area contributed by atoms with Crippen LogP contribution in [-0.4, -0.2) is 61.0 Å². The molecule has 1 saturated heterocycles. The molecule has 1 atom stereocenters. The molecule has 3 aromatic heterocycles. The number of carboxylic acids is 1. The smallest absolute Gasteiger partial charge is 0.356 e. The third kappa shape index (κ3) is 4.65. The number of anilines is 2. The van der Waals surface area contributed by atoms with Crippen LogP contribution in [0.5, 0.6) is 0 Å². The number of aromatic carboxylic acids is 1. The Bertz CT molecular complexity index is 1430. The fourth-order valence-electron chi connectivity index (χ4n) is 4.61. The number of halogens is 1. The van der Waals surface area contributed by atoms with Crippen molar-refractivity contribution < 1.29 is 19.4 Å². The third-order valence-corrected chi connectivity index (χ3v) is 6.89. The lowest BCUT2D eigenvalue weighted by atomic mass is 9.79. The SMILES string of the molecule is CN1CCC([C@@](C)(O)c2ccc3cnc(Nc4ccc(-n5ccc(C(=O)O)n5)cc4F)cc3n2)CC1. The van der Waals surface area contributed by atoms with Gasteiger partial charge in [0.1, 0.15) is 17.2 Å². The first-order valence-electron chi connectivity index (χ1n) is 11.7. The number of aliphatic hydroxyl groups is 1. The summed E-state index contributed by atoms with van der Waals surface area (Å²) < 4.78 is 16.2. The highest BCUT2D eigenvalue weighted by molar-refractivity contribution is 5.85. The van der Waals surface area contributed by atoms with E-state index in [4.69, 9.17) is 10.1 Å². The summed E-state index contributed by atoms with van der Waals surface area (Å²) in [4.78, 5) is 22.4. The van der Waals surface area contributed by atoms with Gasteiger partial charge in [-0.1, -0.05) is 0 Å². The highest BCUT2D eigenvalue weighted by atomic mass is 19.1. The summed E-state index contributed by atoms with van der Waals surface area (Å²) >= 11 is 0. The van der Waals surface area contributed by atoms with Crippen LogP contribution < -0.4 is 5.32 Å². The van der Waals surface area contributed by atoms with Gasteiger partial charge >= 0.3 is 5.97 Å². The summed E-state index contributed by atoms with van der Waals surface area (Å²) in [6, 6.07) is 11.2. The number of hydrogen-bond donors (Lipinski definition) is 3. The van der Waals surface area contributed by atoms with Crippen molar-refractivity contribution in [2.75, 3.05) is 25.5 Å². The van der Waals surface area contributed by atoms with Gasteiger partial charge in [0.25, 0.3) is 0 Å². The van der Waals surface area contributed by atoms with Crippen LogP contribution in [0.25, 0.3) is 16.6 Å². The second-order valence-electron chi connectivity index (χ2n) is 9.42. The Morgan fingerprint density at radius 3 is 2.64 bits per heavy atom. The number of likely N-dealkylation sites (tertiary alicyclic amines) is 1. The van der Waals surface area contributed by atoms with Gasteiger partial charge in [-0.3, -0.25) is 0 Å². The number of fused-ring (bicyclic) bond motifs is 1. The first kappa shape index (κ1) is 23.8. The first-order valence-corrected chi connectivity index (χ1v) is 11.7. The van der Waals surface area contributed by atoms with Gasteiger partial charge in [0.15, 0.2) is 5.69 Å². The maximum atomic E-state index is 14.9. The fraction of sp³-hybridized carbons (Fsp3) is 0.308. The van der Waals surface area contributed by atoms with Gasteiger partial charge in [-0.15, -0.1) is 0 Å². The summed E-state index contributed by atoms with van der Waals surface area (Å²) in [5, 5.41) is 28.1. The van der Waals surface area contributed by atoms with Crippen molar-refractivity contribution in [1.82, 2.24) is 24.6 Å². The summed E-state index contributed by atoms with van der Waals surface area (Å²) in [7, 11) is 2.09. The zero-order chi connectivity index (χ0) is 25.4. The molecule has 0 bridgehead atoms. The second-order valence-corrected chi connectivity index (χ2v) is 9.42. The zero-order valence-corrected chi connectivity index (χ0v) is 20.0. The molecule has 3 N–H and O–H groups in total. The van der Waals surface area contributed by atoms with E-state index >= 15 is 0 Å². The molecule has 0 amide bonds. The molecule has 186 valence electrons. The van der Waals surface area contributed by atoms with Crippen LogP contribution >= 0.6 is 0 Å². The number of piperidine rings is 1. The number of aromatic nitrogens is 4. The fourth-order valence-corrected chi connectivity index (χ4v) is 4.61. The molecule has 0 saturated carbocycles. The van der Waals surface area contributed by atoms with E-state index in [1.807, 2.05) is 19.1 Å². The van der Waals surface area contributed by atoms with Crippen molar-refractivity contribution in [2.24, 2.45) is 5.92 Å². The van der Waals surface area contributed by atoms with Crippen molar-refractivity contribution in [2.45, 2.75) is 25.4 Å². The molecule has 9 nitrogen and oxygen atoms in total. The van der Waals surface area contributed by atoms with E-state index in [9.17, 15) is 14.3 Å². The van der Waals surface area contributed by atoms with Crippen LogP contribution in [0.4, 0.5) is 15.9 Å². The van der Waals surface area contributed by atoms with Crippen molar-refractivity contribution in [3.05, 3.63) is 72.1 Å². The molecular weight excluding hydrogens is 463 g/mol. The topological polar surface area (TPSA) is 116 Å². The lowest BCUT2D eigenvalue weighted by molar-refractivity contribution is -0.0334. The summed E-state index contributed by atoms with van der Waals surface area (Å²) in [6.07, 6.45) is 4.91. The van der Waals surface area contributed by atoms with Crippen LogP contribution in [0, 0.1) is 11.7 Å². The maximum absolute atomic E-state index is 14.9. The number of carboxylic acid groups (broad SMARTS) is 1. The number of benzene rings is 1. The molecule has 4 heterocycles. The predicted octanol–water partition coefficient (Wildman–Crippen LogP) is 3.95.